The van der Waals surface area contributed by atoms with E-state index in [1.165, 1.54) is 6.20 Å². The molecule has 0 spiro atoms. The third kappa shape index (κ3) is 5.11. The van der Waals surface area contributed by atoms with Gasteiger partial charge < -0.3 is 20.5 Å². The molecule has 30 heavy (non-hydrogen) atoms. The standard InChI is InChI=1S/C20H22F3N3O4/c1-10(2)30-16-7-14-11(6-15(16)17(24)27)3-4-25-19(14)29-9-13-5-12(18(28)26-13)8-20(21,22)23/h3-4,6-7,10,12-13H,5,8-9H2,1-2H3,(H2,24,27)(H,26,28)/t12-,13-/m0/s1. The molecular formula is C20H22F3N3O4. The number of amides is 2. The van der Waals surface area contributed by atoms with E-state index in [9.17, 15) is 22.8 Å². The van der Waals surface area contributed by atoms with E-state index in [1.807, 2.05) is 0 Å². The second kappa shape index (κ2) is 8.37. The van der Waals surface area contributed by atoms with E-state index in [0.717, 1.165) is 0 Å². The van der Waals surface area contributed by atoms with E-state index < -0.39 is 36.4 Å². The summed E-state index contributed by atoms with van der Waals surface area (Å²) in [6.45, 7) is 3.57. The van der Waals surface area contributed by atoms with E-state index in [4.69, 9.17) is 15.2 Å². The second-order valence-electron chi connectivity index (χ2n) is 7.48. The average molecular weight is 425 g/mol. The van der Waals surface area contributed by atoms with Gasteiger partial charge in [0.25, 0.3) is 5.91 Å². The fourth-order valence-corrected chi connectivity index (χ4v) is 3.41. The molecule has 1 saturated heterocycles. The Balaban J connectivity index is 1.80. The fraction of sp³-hybridized carbons (Fsp3) is 0.450. The Bertz CT molecular complexity index is 962. The first kappa shape index (κ1) is 21.7. The molecule has 0 unspecified atom stereocenters. The number of nitrogens with two attached hydrogens (primary N) is 1. The lowest BCUT2D eigenvalue weighted by atomic mass is 10.0. The van der Waals surface area contributed by atoms with Crippen LogP contribution in [0.4, 0.5) is 13.2 Å². The molecule has 7 nitrogen and oxygen atoms in total. The Morgan fingerprint density at radius 1 is 1.37 bits per heavy atom. The maximum absolute atomic E-state index is 12.6. The lowest BCUT2D eigenvalue weighted by Crippen LogP contribution is -2.31. The zero-order valence-electron chi connectivity index (χ0n) is 16.5. The summed E-state index contributed by atoms with van der Waals surface area (Å²) >= 11 is 0. The maximum atomic E-state index is 12.6. The summed E-state index contributed by atoms with van der Waals surface area (Å²) in [5.74, 6) is -1.90. The average Bonchev–Trinajstić information content (AvgIpc) is 2.96. The highest BCUT2D eigenvalue weighted by Gasteiger charge is 2.40. The predicted molar refractivity (Wildman–Crippen MR) is 102 cm³/mol. The third-order valence-electron chi connectivity index (χ3n) is 4.64. The highest BCUT2D eigenvalue weighted by atomic mass is 19.4. The number of nitrogens with zero attached hydrogens (tertiary/aromatic N) is 1. The lowest BCUT2D eigenvalue weighted by molar-refractivity contribution is -0.151. The third-order valence-corrected chi connectivity index (χ3v) is 4.64. The number of nitrogens with one attached hydrogen (secondary N) is 1. The first-order chi connectivity index (χ1) is 14.0. The number of aromatic nitrogens is 1. The smallest absolute Gasteiger partial charge is 0.389 e. The first-order valence-corrected chi connectivity index (χ1v) is 9.42. The molecule has 1 aliphatic rings. The van der Waals surface area contributed by atoms with E-state index in [-0.39, 0.29) is 36.3 Å². The van der Waals surface area contributed by atoms with Gasteiger partial charge in [-0.2, -0.15) is 13.2 Å². The molecule has 3 rings (SSSR count). The van der Waals surface area contributed by atoms with Crippen molar-refractivity contribution >= 4 is 22.6 Å². The SMILES string of the molecule is CC(C)Oc1cc2c(OC[C@@H]3C[C@@H](CC(F)(F)F)C(=O)N3)nccc2cc1C(N)=O. The molecular weight excluding hydrogens is 403 g/mol. The van der Waals surface area contributed by atoms with Gasteiger partial charge in [-0.1, -0.05) is 0 Å². The summed E-state index contributed by atoms with van der Waals surface area (Å²) in [7, 11) is 0. The molecule has 2 heterocycles. The van der Waals surface area contributed by atoms with Crippen LogP contribution in [0.15, 0.2) is 24.4 Å². The van der Waals surface area contributed by atoms with Crippen molar-refractivity contribution in [3.8, 4) is 11.6 Å². The van der Waals surface area contributed by atoms with Crippen LogP contribution in [0.25, 0.3) is 10.8 Å². The number of carbonyl (C=O) groups is 2. The normalized spacial score (nSPS) is 19.2. The van der Waals surface area contributed by atoms with Gasteiger partial charge in [0.2, 0.25) is 11.8 Å². The van der Waals surface area contributed by atoms with Crippen LogP contribution in [-0.4, -0.2) is 41.7 Å². The minimum Gasteiger partial charge on any atom is -0.490 e. The molecule has 2 amide bonds. The number of pyridine rings is 1. The highest BCUT2D eigenvalue weighted by molar-refractivity contribution is 6.01. The van der Waals surface area contributed by atoms with Gasteiger partial charge in [0.1, 0.15) is 12.4 Å². The Kier molecular flexibility index (Phi) is 6.04. The summed E-state index contributed by atoms with van der Waals surface area (Å²) in [6, 6.07) is 4.28. The largest absolute Gasteiger partial charge is 0.490 e. The maximum Gasteiger partial charge on any atom is 0.389 e. The van der Waals surface area contributed by atoms with Gasteiger partial charge in [0, 0.05) is 17.5 Å². The van der Waals surface area contributed by atoms with Crippen LogP contribution in [0.5, 0.6) is 11.6 Å². The number of ether oxygens (including phenoxy) is 2. The number of carbonyl (C=O) groups excluding carboxylic acids is 2. The second-order valence-corrected chi connectivity index (χ2v) is 7.48. The predicted octanol–water partition coefficient (Wildman–Crippen LogP) is 2.96. The van der Waals surface area contributed by atoms with Gasteiger partial charge in [0.15, 0.2) is 0 Å². The Morgan fingerprint density at radius 3 is 2.73 bits per heavy atom. The molecule has 2 aromatic rings. The first-order valence-electron chi connectivity index (χ1n) is 9.42. The van der Waals surface area contributed by atoms with Gasteiger partial charge in [-0.15, -0.1) is 0 Å². The minimum atomic E-state index is -4.40. The summed E-state index contributed by atoms with van der Waals surface area (Å²) in [6.07, 6.45) is -4.27. The van der Waals surface area contributed by atoms with Gasteiger partial charge in [-0.3, -0.25) is 9.59 Å². The molecule has 1 aliphatic heterocycles. The van der Waals surface area contributed by atoms with Crippen molar-refractivity contribution < 1.29 is 32.2 Å². The number of rotatable bonds is 7. The van der Waals surface area contributed by atoms with Crippen molar-refractivity contribution in [1.29, 1.82) is 0 Å². The summed E-state index contributed by atoms with van der Waals surface area (Å²) in [4.78, 5) is 27.7. The van der Waals surface area contributed by atoms with Crippen molar-refractivity contribution in [2.24, 2.45) is 11.7 Å². The van der Waals surface area contributed by atoms with Crippen LogP contribution >= 0.6 is 0 Å². The Morgan fingerprint density at radius 2 is 2.10 bits per heavy atom. The molecule has 1 aromatic carbocycles. The van der Waals surface area contributed by atoms with Crippen molar-refractivity contribution in [2.45, 2.75) is 45.0 Å². The summed E-state index contributed by atoms with van der Waals surface area (Å²) in [5, 5.41) is 3.71. The Hall–Kier alpha value is -3.04. The summed E-state index contributed by atoms with van der Waals surface area (Å²) in [5.41, 5.74) is 5.66. The van der Waals surface area contributed by atoms with Crippen molar-refractivity contribution in [3.63, 3.8) is 0 Å². The van der Waals surface area contributed by atoms with Crippen LogP contribution < -0.4 is 20.5 Å². The number of halogens is 3. The van der Waals surface area contributed by atoms with Gasteiger partial charge in [-0.05, 0) is 43.9 Å². The molecule has 1 fully saturated rings. The van der Waals surface area contributed by atoms with E-state index in [1.54, 1.807) is 32.0 Å². The molecule has 0 radical (unpaired) electrons. The van der Waals surface area contributed by atoms with E-state index >= 15 is 0 Å². The van der Waals surface area contributed by atoms with Crippen molar-refractivity contribution in [1.82, 2.24) is 10.3 Å². The van der Waals surface area contributed by atoms with Crippen LogP contribution in [0.2, 0.25) is 0 Å². The fourth-order valence-electron chi connectivity index (χ4n) is 3.41. The quantitative estimate of drug-likeness (QED) is 0.710. The van der Waals surface area contributed by atoms with Crippen LogP contribution in [-0.2, 0) is 4.79 Å². The topological polar surface area (TPSA) is 104 Å². The van der Waals surface area contributed by atoms with Crippen LogP contribution in [0.3, 0.4) is 0 Å². The highest BCUT2D eigenvalue weighted by Crippen LogP contribution is 2.33. The minimum absolute atomic E-state index is 0.0244. The van der Waals surface area contributed by atoms with Gasteiger partial charge in [0.05, 0.1) is 24.1 Å². The molecule has 0 bridgehead atoms. The molecule has 162 valence electrons. The zero-order valence-corrected chi connectivity index (χ0v) is 16.5. The van der Waals surface area contributed by atoms with Crippen LogP contribution in [0.1, 0.15) is 37.0 Å². The molecule has 10 heteroatoms. The molecule has 1 aromatic heterocycles. The summed E-state index contributed by atoms with van der Waals surface area (Å²) < 4.78 is 49.1. The number of alkyl halides is 3. The number of primary amides is 1. The van der Waals surface area contributed by atoms with Gasteiger partial charge in [-0.25, -0.2) is 4.98 Å². The Labute approximate surface area is 170 Å². The monoisotopic (exact) mass is 425 g/mol. The molecule has 3 N–H and O–H groups in total. The number of benzene rings is 1. The lowest BCUT2D eigenvalue weighted by Gasteiger charge is -2.16. The van der Waals surface area contributed by atoms with Crippen LogP contribution in [0, 0.1) is 5.92 Å². The zero-order chi connectivity index (χ0) is 22.1. The number of hydrogen-bond acceptors (Lipinski definition) is 5. The number of hydrogen-bond donors (Lipinski definition) is 2. The molecule has 2 atom stereocenters. The van der Waals surface area contributed by atoms with Crippen molar-refractivity contribution in [3.05, 3.63) is 30.0 Å². The van der Waals surface area contributed by atoms with Gasteiger partial charge >= 0.3 is 6.18 Å². The van der Waals surface area contributed by atoms with E-state index in [0.29, 0.717) is 10.8 Å². The van der Waals surface area contributed by atoms with E-state index in [2.05, 4.69) is 10.3 Å². The molecule has 0 saturated carbocycles. The molecule has 0 aliphatic carbocycles. The van der Waals surface area contributed by atoms with Crippen molar-refractivity contribution in [2.75, 3.05) is 6.61 Å². The number of fused-ring (bicyclic) bond motifs is 1.